The molecule has 178 valence electrons. The molecule has 0 bridgehead atoms. The minimum atomic E-state index is -0.291. The molecule has 0 unspecified atom stereocenters. The first kappa shape index (κ1) is 22.9. The Balaban J connectivity index is 1.45. The van der Waals surface area contributed by atoms with Crippen molar-refractivity contribution in [3.8, 4) is 11.8 Å². The SMILES string of the molecule is Cc1[nH]nc(N/N=C(/C#N)c2nc3ccccc3s2)c1N=Nc1c(C)n(C)n(-c2ccccc2)c1=O. The van der Waals surface area contributed by atoms with Crippen molar-refractivity contribution in [3.63, 3.8) is 0 Å². The number of rotatable bonds is 6. The highest BCUT2D eigenvalue weighted by Gasteiger charge is 2.17. The number of azo groups is 1. The minimum Gasteiger partial charge on any atom is -0.283 e. The van der Waals surface area contributed by atoms with Gasteiger partial charge in [0, 0.05) is 7.05 Å². The number of nitriles is 1. The fraction of sp³-hybridized carbons (Fsp3) is 0.125. The second-order valence-corrected chi connectivity index (χ2v) is 8.86. The molecule has 2 N–H and O–H groups in total. The molecule has 0 aliphatic rings. The van der Waals surface area contributed by atoms with E-state index in [-0.39, 0.29) is 22.8 Å². The molecule has 0 amide bonds. The van der Waals surface area contributed by atoms with Crippen molar-refractivity contribution in [2.75, 3.05) is 5.43 Å². The van der Waals surface area contributed by atoms with Crippen molar-refractivity contribution in [2.24, 2.45) is 22.4 Å². The quantitative estimate of drug-likeness (QED) is 0.196. The molecular formula is C24H20N10OS. The molecule has 3 heterocycles. The number of anilines is 1. The van der Waals surface area contributed by atoms with Crippen LogP contribution < -0.4 is 11.0 Å². The third kappa shape index (κ3) is 4.08. The smallest absolute Gasteiger partial charge is 0.283 e. The van der Waals surface area contributed by atoms with Crippen LogP contribution in [0.5, 0.6) is 0 Å². The molecule has 12 heteroatoms. The van der Waals surface area contributed by atoms with Crippen molar-refractivity contribution in [1.29, 1.82) is 5.26 Å². The standard InChI is InChI=1S/C24H20N10OS/c1-14-20(29-30-21-15(2)33(3)34(24(21)35)16-9-5-4-6-10-16)22(31-27-14)32-28-18(13-25)23-26-17-11-7-8-12-19(17)36-23/h4-12H,1-3H3,(H2,27,31,32)/b28-18-,30-29?. The Bertz CT molecular complexity index is 1700. The number of aromatic amines is 1. The first-order valence-corrected chi connectivity index (χ1v) is 11.7. The van der Waals surface area contributed by atoms with Gasteiger partial charge in [0.2, 0.25) is 0 Å². The topological polar surface area (TPSA) is 141 Å². The molecule has 0 spiro atoms. The number of aryl methyl sites for hydroxylation is 1. The van der Waals surface area contributed by atoms with Gasteiger partial charge in [0.25, 0.3) is 5.56 Å². The van der Waals surface area contributed by atoms with Crippen molar-refractivity contribution in [2.45, 2.75) is 13.8 Å². The van der Waals surface area contributed by atoms with E-state index in [0.717, 1.165) is 15.9 Å². The molecule has 0 saturated heterocycles. The maximum atomic E-state index is 13.1. The van der Waals surface area contributed by atoms with Gasteiger partial charge in [-0.2, -0.15) is 15.5 Å². The molecule has 5 aromatic rings. The van der Waals surface area contributed by atoms with Gasteiger partial charge in [-0.05, 0) is 38.1 Å². The number of hydrazone groups is 1. The summed E-state index contributed by atoms with van der Waals surface area (Å²) in [6.45, 7) is 3.58. The summed E-state index contributed by atoms with van der Waals surface area (Å²) < 4.78 is 4.22. The van der Waals surface area contributed by atoms with Crippen LogP contribution in [-0.4, -0.2) is 30.3 Å². The van der Waals surface area contributed by atoms with Crippen LogP contribution >= 0.6 is 11.3 Å². The highest BCUT2D eigenvalue weighted by atomic mass is 32.1. The highest BCUT2D eigenvalue weighted by Crippen LogP contribution is 2.29. The fourth-order valence-electron chi connectivity index (χ4n) is 3.60. The van der Waals surface area contributed by atoms with E-state index in [2.05, 4.69) is 42.0 Å². The number of thiazole rings is 1. The molecule has 3 aromatic heterocycles. The molecule has 0 fully saturated rings. The Morgan fingerprint density at radius 3 is 2.56 bits per heavy atom. The molecule has 0 aliphatic carbocycles. The second-order valence-electron chi connectivity index (χ2n) is 7.83. The normalized spacial score (nSPS) is 11.9. The summed E-state index contributed by atoms with van der Waals surface area (Å²) in [5.41, 5.74) is 5.99. The molecule has 5 rings (SSSR count). The number of hydrogen-bond donors (Lipinski definition) is 2. The Morgan fingerprint density at radius 2 is 1.81 bits per heavy atom. The number of aromatic nitrogens is 5. The summed E-state index contributed by atoms with van der Waals surface area (Å²) in [5.74, 6) is 0.266. The van der Waals surface area contributed by atoms with Gasteiger partial charge < -0.3 is 0 Å². The Morgan fingerprint density at radius 1 is 1.08 bits per heavy atom. The number of nitrogens with zero attached hydrogens (tertiary/aromatic N) is 8. The van der Waals surface area contributed by atoms with Gasteiger partial charge in [-0.25, -0.2) is 9.67 Å². The zero-order valence-corrected chi connectivity index (χ0v) is 20.4. The first-order valence-electron chi connectivity index (χ1n) is 10.9. The second kappa shape index (κ2) is 9.40. The Kier molecular flexibility index (Phi) is 5.97. The summed E-state index contributed by atoms with van der Waals surface area (Å²) >= 11 is 1.37. The molecular weight excluding hydrogens is 476 g/mol. The lowest BCUT2D eigenvalue weighted by molar-refractivity contribution is 0.630. The number of H-pyrrole nitrogens is 1. The third-order valence-corrected chi connectivity index (χ3v) is 6.61. The van der Waals surface area contributed by atoms with E-state index in [9.17, 15) is 10.1 Å². The van der Waals surface area contributed by atoms with Gasteiger partial charge in [0.15, 0.2) is 27.9 Å². The Labute approximate surface area is 209 Å². The molecule has 0 radical (unpaired) electrons. The molecule has 0 aliphatic heterocycles. The number of fused-ring (bicyclic) bond motifs is 1. The molecule has 0 saturated carbocycles. The van der Waals surface area contributed by atoms with Crippen molar-refractivity contribution in [1.82, 2.24) is 24.5 Å². The van der Waals surface area contributed by atoms with Gasteiger partial charge in [-0.3, -0.25) is 20.0 Å². The van der Waals surface area contributed by atoms with E-state index >= 15 is 0 Å². The van der Waals surface area contributed by atoms with Gasteiger partial charge in [0.05, 0.1) is 27.3 Å². The lowest BCUT2D eigenvalue weighted by Crippen LogP contribution is -2.19. The molecule has 0 atom stereocenters. The van der Waals surface area contributed by atoms with Gasteiger partial charge in [-0.1, -0.05) is 30.3 Å². The fourth-order valence-corrected chi connectivity index (χ4v) is 4.50. The molecule has 36 heavy (non-hydrogen) atoms. The van der Waals surface area contributed by atoms with Gasteiger partial charge >= 0.3 is 0 Å². The van der Waals surface area contributed by atoms with E-state index in [0.29, 0.717) is 22.1 Å². The van der Waals surface area contributed by atoms with Crippen LogP contribution in [0.2, 0.25) is 0 Å². The van der Waals surface area contributed by atoms with Crippen molar-refractivity contribution >= 4 is 44.5 Å². The predicted octanol–water partition coefficient (Wildman–Crippen LogP) is 4.88. The predicted molar refractivity (Wildman–Crippen MR) is 139 cm³/mol. The first-order chi connectivity index (χ1) is 17.5. The number of nitrogens with one attached hydrogen (secondary N) is 2. The Hall–Kier alpha value is -4.89. The summed E-state index contributed by atoms with van der Waals surface area (Å²) in [4.78, 5) is 17.6. The van der Waals surface area contributed by atoms with Crippen LogP contribution in [0, 0.1) is 25.2 Å². The van der Waals surface area contributed by atoms with E-state index in [1.807, 2.05) is 54.6 Å². The number of hydrogen-bond acceptors (Lipinski definition) is 9. The zero-order valence-electron chi connectivity index (χ0n) is 19.6. The lowest BCUT2D eigenvalue weighted by atomic mass is 10.3. The highest BCUT2D eigenvalue weighted by molar-refractivity contribution is 7.20. The maximum Gasteiger partial charge on any atom is 0.299 e. The summed E-state index contributed by atoms with van der Waals surface area (Å²) in [6, 6.07) is 19.0. The largest absolute Gasteiger partial charge is 0.299 e. The lowest BCUT2D eigenvalue weighted by Gasteiger charge is -2.07. The summed E-state index contributed by atoms with van der Waals surface area (Å²) in [7, 11) is 1.79. The van der Waals surface area contributed by atoms with Crippen LogP contribution in [-0.2, 0) is 7.05 Å². The van der Waals surface area contributed by atoms with Gasteiger partial charge in [-0.15, -0.1) is 21.6 Å². The average Bonchev–Trinajstić information content (AvgIpc) is 3.54. The average molecular weight is 497 g/mol. The van der Waals surface area contributed by atoms with Gasteiger partial charge in [0.1, 0.15) is 6.07 Å². The van der Waals surface area contributed by atoms with E-state index in [4.69, 9.17) is 0 Å². The van der Waals surface area contributed by atoms with Crippen LogP contribution in [0.1, 0.15) is 16.4 Å². The maximum absolute atomic E-state index is 13.1. The molecule has 2 aromatic carbocycles. The van der Waals surface area contributed by atoms with Crippen LogP contribution in [0.15, 0.2) is 74.7 Å². The number of para-hydroxylation sites is 2. The zero-order chi connectivity index (χ0) is 25.2. The third-order valence-electron chi connectivity index (χ3n) is 5.56. The van der Waals surface area contributed by atoms with Crippen molar-refractivity contribution in [3.05, 3.63) is 81.3 Å². The van der Waals surface area contributed by atoms with Crippen molar-refractivity contribution < 1.29 is 0 Å². The van der Waals surface area contributed by atoms with Crippen LogP contribution in [0.4, 0.5) is 17.2 Å². The van der Waals surface area contributed by atoms with Crippen LogP contribution in [0.25, 0.3) is 15.9 Å². The van der Waals surface area contributed by atoms with E-state index in [1.165, 1.54) is 16.0 Å². The number of benzene rings is 2. The summed E-state index contributed by atoms with van der Waals surface area (Å²) in [5, 5.41) is 29.9. The summed E-state index contributed by atoms with van der Waals surface area (Å²) in [6.07, 6.45) is 0. The van der Waals surface area contributed by atoms with E-state index < -0.39 is 0 Å². The minimum absolute atomic E-state index is 0.115. The van der Waals surface area contributed by atoms with Crippen LogP contribution in [0.3, 0.4) is 0 Å². The van der Waals surface area contributed by atoms with E-state index in [1.54, 1.807) is 25.6 Å². The monoisotopic (exact) mass is 496 g/mol. The molecule has 11 nitrogen and oxygen atoms in total.